The third kappa shape index (κ3) is 3.92. The number of ether oxygens (including phenoxy) is 1. The number of amides is 1. The van der Waals surface area contributed by atoms with Gasteiger partial charge in [-0.2, -0.15) is 12.6 Å². The van der Waals surface area contributed by atoms with Gasteiger partial charge in [0, 0.05) is 37.5 Å². The van der Waals surface area contributed by atoms with E-state index in [-0.39, 0.29) is 57.4 Å². The van der Waals surface area contributed by atoms with Crippen LogP contribution in [-0.2, 0) is 4.79 Å². The van der Waals surface area contributed by atoms with E-state index in [1.807, 2.05) is 16.7 Å². The largest absolute Gasteiger partial charge is 0.507 e. The number of fused-ring (bicyclic) bond motifs is 2. The Hall–Kier alpha value is -2.85. The van der Waals surface area contributed by atoms with Gasteiger partial charge < -0.3 is 19.6 Å². The lowest BCUT2D eigenvalue weighted by molar-refractivity contribution is -0.133. The van der Waals surface area contributed by atoms with Gasteiger partial charge in [0.1, 0.15) is 29.2 Å². The first kappa shape index (κ1) is 23.9. The van der Waals surface area contributed by atoms with E-state index in [1.165, 1.54) is 18.5 Å². The summed E-state index contributed by atoms with van der Waals surface area (Å²) < 4.78 is 36.6. The number of carbonyl (C=O) groups is 1. The van der Waals surface area contributed by atoms with Crippen LogP contribution in [0.5, 0.6) is 11.5 Å². The monoisotopic (exact) mass is 520 g/mol. The summed E-state index contributed by atoms with van der Waals surface area (Å²) >= 11 is 10.8. The quantitative estimate of drug-likeness (QED) is 0.497. The van der Waals surface area contributed by atoms with Crippen molar-refractivity contribution in [1.82, 2.24) is 14.9 Å². The van der Waals surface area contributed by atoms with Crippen LogP contribution in [0.25, 0.3) is 22.0 Å². The molecule has 35 heavy (non-hydrogen) atoms. The number of benzene rings is 2. The van der Waals surface area contributed by atoms with Gasteiger partial charge in [-0.25, -0.2) is 18.7 Å². The molecule has 1 N–H and O–H groups in total. The molecule has 3 aromatic rings. The first-order valence-corrected chi connectivity index (χ1v) is 12.3. The molecule has 11 heteroatoms. The molecule has 2 aromatic carbocycles. The Morgan fingerprint density at radius 1 is 1.29 bits per heavy atom. The molecule has 1 saturated heterocycles. The number of hydrogen-bond acceptors (Lipinski definition) is 7. The average molecular weight is 521 g/mol. The lowest BCUT2D eigenvalue weighted by Gasteiger charge is -2.47. The standard InChI is InChI=1S/C24H23ClF2N4O3S/c1-12-9-31-13(10-30(12)16(33)6-8-35)5-7-34-23-19-22(28-11-29-24(19)31)21(27)18(20(23)25)17-14(26)3-2-4-15(17)32/h2-4,11-13,32,35H,5-10H2,1H3/t12-,13+/m1/s1. The topological polar surface area (TPSA) is 78.8 Å². The fourth-order valence-corrected chi connectivity index (χ4v) is 5.47. The van der Waals surface area contributed by atoms with Crippen LogP contribution in [0.4, 0.5) is 14.6 Å². The summed E-state index contributed by atoms with van der Waals surface area (Å²) in [5, 5.41) is 10.4. The second-order valence-corrected chi connectivity index (χ2v) is 9.52. The van der Waals surface area contributed by atoms with E-state index in [0.29, 0.717) is 37.5 Å². The molecular formula is C24H23ClF2N4O3S. The number of halogens is 3. The zero-order valence-electron chi connectivity index (χ0n) is 18.8. The van der Waals surface area contributed by atoms with Crippen molar-refractivity contribution in [2.45, 2.75) is 31.8 Å². The normalized spacial score (nSPS) is 19.7. The molecule has 2 atom stereocenters. The summed E-state index contributed by atoms with van der Waals surface area (Å²) in [4.78, 5) is 25.1. The van der Waals surface area contributed by atoms with E-state index in [4.69, 9.17) is 16.3 Å². The molecule has 0 spiro atoms. The van der Waals surface area contributed by atoms with Gasteiger partial charge in [-0.05, 0) is 24.8 Å². The first-order chi connectivity index (χ1) is 16.8. The number of phenols is 1. The SMILES string of the molecule is C[C@@H]1CN2c3ncnc4c(F)c(-c5c(O)cccc5F)c(Cl)c(c34)OCC[C@H]2CN1C(=O)CCS. The number of piperazine rings is 1. The summed E-state index contributed by atoms with van der Waals surface area (Å²) in [6.07, 6.45) is 2.14. The summed E-state index contributed by atoms with van der Waals surface area (Å²) in [5.74, 6) is -1.08. The van der Waals surface area contributed by atoms with Crippen molar-refractivity contribution in [3.8, 4) is 22.6 Å². The lowest BCUT2D eigenvalue weighted by atomic mass is 9.98. The molecule has 3 heterocycles. The van der Waals surface area contributed by atoms with E-state index in [9.17, 15) is 14.3 Å². The Balaban J connectivity index is 1.69. The van der Waals surface area contributed by atoms with Crippen LogP contribution in [0.1, 0.15) is 19.8 Å². The van der Waals surface area contributed by atoms with Gasteiger partial charge in [0.15, 0.2) is 11.6 Å². The Morgan fingerprint density at radius 2 is 2.09 bits per heavy atom. The number of carbonyl (C=O) groups excluding carboxylic acids is 1. The molecule has 2 aliphatic rings. The average Bonchev–Trinajstić information content (AvgIpc) is 2.82. The molecular weight excluding hydrogens is 498 g/mol. The van der Waals surface area contributed by atoms with Crippen molar-refractivity contribution in [1.29, 1.82) is 0 Å². The van der Waals surface area contributed by atoms with Crippen LogP contribution in [0.2, 0.25) is 5.02 Å². The zero-order valence-corrected chi connectivity index (χ0v) is 20.5. The van der Waals surface area contributed by atoms with E-state index in [0.717, 1.165) is 6.07 Å². The van der Waals surface area contributed by atoms with Crippen LogP contribution >= 0.6 is 24.2 Å². The molecule has 2 aliphatic heterocycles. The highest BCUT2D eigenvalue weighted by molar-refractivity contribution is 7.80. The highest BCUT2D eigenvalue weighted by Gasteiger charge is 2.38. The zero-order chi connectivity index (χ0) is 24.9. The predicted molar refractivity (Wildman–Crippen MR) is 132 cm³/mol. The number of hydrogen-bond donors (Lipinski definition) is 2. The summed E-state index contributed by atoms with van der Waals surface area (Å²) in [6.45, 7) is 3.12. The predicted octanol–water partition coefficient (Wildman–Crippen LogP) is 4.44. The lowest BCUT2D eigenvalue weighted by Crippen LogP contribution is -2.60. The molecule has 184 valence electrons. The molecule has 7 nitrogen and oxygen atoms in total. The molecule has 0 saturated carbocycles. The van der Waals surface area contributed by atoms with E-state index < -0.39 is 17.4 Å². The number of rotatable bonds is 3. The maximum atomic E-state index is 15.9. The molecule has 1 amide bonds. The fourth-order valence-electron chi connectivity index (χ4n) is 4.95. The van der Waals surface area contributed by atoms with Crippen LogP contribution in [0, 0.1) is 11.6 Å². The highest BCUT2D eigenvalue weighted by Crippen LogP contribution is 2.49. The van der Waals surface area contributed by atoms with Crippen LogP contribution in [0.15, 0.2) is 24.5 Å². The minimum atomic E-state index is -0.880. The Labute approximate surface area is 211 Å². The molecule has 0 bridgehead atoms. The number of thiol groups is 1. The molecule has 0 radical (unpaired) electrons. The minimum absolute atomic E-state index is 0.0341. The molecule has 0 unspecified atom stereocenters. The van der Waals surface area contributed by atoms with E-state index in [2.05, 4.69) is 22.6 Å². The summed E-state index contributed by atoms with van der Waals surface area (Å²) in [7, 11) is 0. The maximum Gasteiger partial charge on any atom is 0.223 e. The highest BCUT2D eigenvalue weighted by atomic mass is 35.5. The van der Waals surface area contributed by atoms with Crippen molar-refractivity contribution >= 4 is 46.9 Å². The van der Waals surface area contributed by atoms with Crippen LogP contribution < -0.4 is 9.64 Å². The van der Waals surface area contributed by atoms with Crippen molar-refractivity contribution in [2.75, 3.05) is 30.3 Å². The summed E-state index contributed by atoms with van der Waals surface area (Å²) in [6, 6.07) is 3.47. The van der Waals surface area contributed by atoms with Crippen LogP contribution in [-0.4, -0.2) is 63.4 Å². The Morgan fingerprint density at radius 3 is 2.83 bits per heavy atom. The molecule has 0 aliphatic carbocycles. The first-order valence-electron chi connectivity index (χ1n) is 11.3. The van der Waals surface area contributed by atoms with E-state index in [1.54, 1.807) is 0 Å². The van der Waals surface area contributed by atoms with Crippen molar-refractivity contribution in [2.24, 2.45) is 0 Å². The minimum Gasteiger partial charge on any atom is -0.507 e. The molecule has 5 rings (SSSR count). The number of aromatic hydroxyl groups is 1. The van der Waals surface area contributed by atoms with Gasteiger partial charge in [0.25, 0.3) is 0 Å². The number of phenolic OH excluding ortho intramolecular Hbond substituents is 1. The Kier molecular flexibility index (Phi) is 6.35. The van der Waals surface area contributed by atoms with Gasteiger partial charge >= 0.3 is 0 Å². The fraction of sp³-hybridized carbons (Fsp3) is 0.375. The van der Waals surface area contributed by atoms with Crippen molar-refractivity contribution in [3.05, 3.63) is 41.2 Å². The van der Waals surface area contributed by atoms with Gasteiger partial charge in [-0.15, -0.1) is 0 Å². The maximum absolute atomic E-state index is 15.9. The summed E-state index contributed by atoms with van der Waals surface area (Å²) in [5.41, 5.74) is -0.766. The number of anilines is 1. The molecule has 1 aromatic heterocycles. The third-order valence-corrected chi connectivity index (χ3v) is 7.18. The third-order valence-electron chi connectivity index (χ3n) is 6.60. The van der Waals surface area contributed by atoms with Gasteiger partial charge in [-0.1, -0.05) is 17.7 Å². The van der Waals surface area contributed by atoms with E-state index >= 15 is 4.39 Å². The van der Waals surface area contributed by atoms with Gasteiger partial charge in [0.2, 0.25) is 5.91 Å². The Bertz CT molecular complexity index is 1310. The van der Waals surface area contributed by atoms with Crippen molar-refractivity contribution in [3.63, 3.8) is 0 Å². The van der Waals surface area contributed by atoms with Crippen LogP contribution in [0.3, 0.4) is 0 Å². The van der Waals surface area contributed by atoms with Gasteiger partial charge in [0.05, 0.1) is 28.6 Å². The number of aromatic nitrogens is 2. The number of nitrogens with zero attached hydrogens (tertiary/aromatic N) is 4. The second kappa shape index (κ2) is 9.31. The smallest absolute Gasteiger partial charge is 0.223 e. The molecule has 1 fully saturated rings. The van der Waals surface area contributed by atoms with Gasteiger partial charge in [-0.3, -0.25) is 4.79 Å². The van der Waals surface area contributed by atoms with Crippen molar-refractivity contribution < 1.29 is 23.4 Å². The second-order valence-electron chi connectivity index (χ2n) is 8.70.